The molecule has 1 amide bonds. The topological polar surface area (TPSA) is 149 Å². The lowest BCUT2D eigenvalue weighted by Crippen LogP contribution is -2.60. The lowest BCUT2D eigenvalue weighted by molar-refractivity contribution is -0.302. The lowest BCUT2D eigenvalue weighted by atomic mass is 9.99. The van der Waals surface area contributed by atoms with Gasteiger partial charge in [-0.1, -0.05) is 276 Å². The zero-order valence-corrected chi connectivity index (χ0v) is 46.0. The van der Waals surface area contributed by atoms with Crippen LogP contribution in [-0.2, 0) is 14.3 Å². The van der Waals surface area contributed by atoms with Crippen molar-refractivity contribution in [2.45, 2.75) is 346 Å². The van der Waals surface area contributed by atoms with E-state index in [9.17, 15) is 30.3 Å². The van der Waals surface area contributed by atoms with E-state index in [1.54, 1.807) is 0 Å². The number of carbonyl (C=O) groups excluding carboxylic acids is 1. The fourth-order valence-corrected chi connectivity index (χ4v) is 9.96. The standard InChI is InChI=1S/C61H117NO8/c1-3-5-7-9-11-13-15-17-19-21-23-25-27-29-30-32-34-36-38-40-42-44-46-48-50-55(64)54(53-69-61-60(68)59(67)58(66)56(52-63)70-61)62-57(65)51-49-47-45-43-41-39-37-35-33-31-28-26-24-22-20-18-16-14-12-10-8-6-4-2/h24,26,31,33,54-56,58-61,63-64,66-68H,3-23,25,27-30,32,34-53H2,1-2H3,(H,62,65)/b26-24-,33-31-. The van der Waals surface area contributed by atoms with Gasteiger partial charge in [-0.3, -0.25) is 4.79 Å². The molecule has 0 aromatic carbocycles. The van der Waals surface area contributed by atoms with E-state index in [0.29, 0.717) is 12.8 Å². The molecule has 0 aliphatic carbocycles. The average molecular weight is 993 g/mol. The summed E-state index contributed by atoms with van der Waals surface area (Å²) in [7, 11) is 0. The summed E-state index contributed by atoms with van der Waals surface area (Å²) in [5.41, 5.74) is 0. The Morgan fingerprint density at radius 2 is 0.843 bits per heavy atom. The number of aliphatic hydroxyl groups excluding tert-OH is 5. The van der Waals surface area contributed by atoms with Gasteiger partial charge in [0, 0.05) is 6.42 Å². The van der Waals surface area contributed by atoms with Gasteiger partial charge in [-0.25, -0.2) is 0 Å². The van der Waals surface area contributed by atoms with Crippen LogP contribution >= 0.6 is 0 Å². The van der Waals surface area contributed by atoms with Crippen LogP contribution < -0.4 is 5.32 Å². The predicted octanol–water partition coefficient (Wildman–Crippen LogP) is 15.4. The Bertz CT molecular complexity index is 1150. The summed E-state index contributed by atoms with van der Waals surface area (Å²) in [6, 6.07) is -0.723. The van der Waals surface area contributed by atoms with Crippen molar-refractivity contribution in [2.24, 2.45) is 0 Å². The molecule has 0 aromatic rings. The zero-order valence-electron chi connectivity index (χ0n) is 46.0. The largest absolute Gasteiger partial charge is 0.394 e. The Labute approximate surface area is 432 Å². The fraction of sp³-hybridized carbons (Fsp3) is 0.918. The van der Waals surface area contributed by atoms with Gasteiger partial charge in [0.05, 0.1) is 25.4 Å². The van der Waals surface area contributed by atoms with Gasteiger partial charge in [0.15, 0.2) is 6.29 Å². The third-order valence-electron chi connectivity index (χ3n) is 14.8. The second-order valence-corrected chi connectivity index (χ2v) is 21.5. The molecule has 414 valence electrons. The van der Waals surface area contributed by atoms with Crippen molar-refractivity contribution >= 4 is 5.91 Å². The Balaban J connectivity index is 2.19. The lowest BCUT2D eigenvalue weighted by Gasteiger charge is -2.40. The third-order valence-corrected chi connectivity index (χ3v) is 14.8. The van der Waals surface area contributed by atoms with Crippen LogP contribution in [0.4, 0.5) is 0 Å². The molecule has 1 heterocycles. The summed E-state index contributed by atoms with van der Waals surface area (Å²) in [6.45, 7) is 3.87. The van der Waals surface area contributed by atoms with E-state index in [1.165, 1.54) is 225 Å². The van der Waals surface area contributed by atoms with E-state index >= 15 is 0 Å². The second-order valence-electron chi connectivity index (χ2n) is 21.5. The van der Waals surface area contributed by atoms with Crippen LogP contribution in [-0.4, -0.2) is 87.5 Å². The van der Waals surface area contributed by atoms with Gasteiger partial charge in [0.25, 0.3) is 0 Å². The summed E-state index contributed by atoms with van der Waals surface area (Å²) in [5, 5.41) is 54.8. The molecular formula is C61H117NO8. The van der Waals surface area contributed by atoms with E-state index < -0.39 is 49.5 Å². The van der Waals surface area contributed by atoms with Gasteiger partial charge in [0.1, 0.15) is 24.4 Å². The van der Waals surface area contributed by atoms with Crippen molar-refractivity contribution in [1.82, 2.24) is 5.32 Å². The summed E-state index contributed by atoms with van der Waals surface area (Å²) in [6.07, 6.45) is 57.8. The van der Waals surface area contributed by atoms with Gasteiger partial charge in [-0.2, -0.15) is 0 Å². The van der Waals surface area contributed by atoms with Gasteiger partial charge >= 0.3 is 0 Å². The molecule has 7 unspecified atom stereocenters. The SMILES string of the molecule is CCCCCCCCCCC/C=C\C/C=C\CCCCCCCCCC(=O)NC(COC1OC(CO)C(O)C(O)C1O)C(O)CCCCCCCCCCCCCCCCCCCCCCCCCC. The van der Waals surface area contributed by atoms with E-state index in [-0.39, 0.29) is 12.5 Å². The number of amides is 1. The molecule has 9 nitrogen and oxygen atoms in total. The molecule has 0 saturated carbocycles. The maximum Gasteiger partial charge on any atom is 0.220 e. The molecule has 9 heteroatoms. The van der Waals surface area contributed by atoms with Crippen LogP contribution in [0.5, 0.6) is 0 Å². The quantitative estimate of drug-likeness (QED) is 0.0261. The average Bonchev–Trinajstić information content (AvgIpc) is 3.36. The Hall–Kier alpha value is -1.33. The van der Waals surface area contributed by atoms with E-state index in [4.69, 9.17) is 9.47 Å². The fourth-order valence-electron chi connectivity index (χ4n) is 9.96. The molecule has 6 N–H and O–H groups in total. The van der Waals surface area contributed by atoms with Crippen molar-refractivity contribution in [3.63, 3.8) is 0 Å². The highest BCUT2D eigenvalue weighted by Crippen LogP contribution is 2.23. The minimum absolute atomic E-state index is 0.139. The molecule has 0 bridgehead atoms. The highest BCUT2D eigenvalue weighted by atomic mass is 16.7. The molecule has 1 rings (SSSR count). The number of hydrogen-bond donors (Lipinski definition) is 6. The van der Waals surface area contributed by atoms with Crippen molar-refractivity contribution in [3.8, 4) is 0 Å². The van der Waals surface area contributed by atoms with E-state index in [2.05, 4.69) is 43.5 Å². The summed E-state index contributed by atoms with van der Waals surface area (Å²) < 4.78 is 11.3. The first kappa shape index (κ1) is 66.7. The zero-order chi connectivity index (χ0) is 50.8. The first-order valence-corrected chi connectivity index (χ1v) is 30.5. The number of nitrogens with one attached hydrogen (secondary N) is 1. The summed E-state index contributed by atoms with van der Waals surface area (Å²) in [4.78, 5) is 13.1. The maximum absolute atomic E-state index is 13.1. The number of rotatable bonds is 53. The molecule has 1 saturated heterocycles. The number of unbranched alkanes of at least 4 members (excludes halogenated alkanes) is 39. The van der Waals surface area contributed by atoms with E-state index in [0.717, 1.165) is 51.4 Å². The molecule has 0 radical (unpaired) electrons. The molecule has 0 aromatic heterocycles. The normalized spacial score (nSPS) is 19.4. The van der Waals surface area contributed by atoms with E-state index in [1.807, 2.05) is 0 Å². The monoisotopic (exact) mass is 992 g/mol. The summed E-state index contributed by atoms with van der Waals surface area (Å²) in [5.74, 6) is -0.147. The summed E-state index contributed by atoms with van der Waals surface area (Å²) >= 11 is 0. The molecular weight excluding hydrogens is 875 g/mol. The van der Waals surface area contributed by atoms with Gasteiger partial charge in [-0.15, -0.1) is 0 Å². The molecule has 0 spiro atoms. The molecule has 70 heavy (non-hydrogen) atoms. The van der Waals surface area contributed by atoms with Crippen LogP contribution in [0.1, 0.15) is 303 Å². The minimum Gasteiger partial charge on any atom is -0.394 e. The number of aliphatic hydroxyl groups is 5. The predicted molar refractivity (Wildman–Crippen MR) is 295 cm³/mol. The van der Waals surface area contributed by atoms with Gasteiger partial charge < -0.3 is 40.3 Å². The van der Waals surface area contributed by atoms with Crippen molar-refractivity contribution < 1.29 is 39.8 Å². The van der Waals surface area contributed by atoms with Crippen molar-refractivity contribution in [3.05, 3.63) is 24.3 Å². The second kappa shape index (κ2) is 51.2. The molecule has 1 aliphatic rings. The third kappa shape index (κ3) is 40.1. The Kier molecular flexibility index (Phi) is 48.7. The van der Waals surface area contributed by atoms with Crippen molar-refractivity contribution in [2.75, 3.05) is 13.2 Å². The van der Waals surface area contributed by atoms with Crippen LogP contribution in [0.25, 0.3) is 0 Å². The van der Waals surface area contributed by atoms with Gasteiger partial charge in [0.2, 0.25) is 5.91 Å². The molecule has 7 atom stereocenters. The maximum atomic E-state index is 13.1. The van der Waals surface area contributed by atoms with Crippen LogP contribution in [0, 0.1) is 0 Å². The first-order valence-electron chi connectivity index (χ1n) is 30.5. The van der Waals surface area contributed by atoms with Crippen LogP contribution in [0.3, 0.4) is 0 Å². The van der Waals surface area contributed by atoms with Crippen molar-refractivity contribution in [1.29, 1.82) is 0 Å². The minimum atomic E-state index is -1.55. The Morgan fingerprint density at radius 3 is 1.23 bits per heavy atom. The van der Waals surface area contributed by atoms with Crippen LogP contribution in [0.15, 0.2) is 24.3 Å². The molecule has 1 fully saturated rings. The smallest absolute Gasteiger partial charge is 0.220 e. The Morgan fingerprint density at radius 1 is 0.486 bits per heavy atom. The van der Waals surface area contributed by atoms with Gasteiger partial charge in [-0.05, 0) is 44.9 Å². The highest BCUT2D eigenvalue weighted by Gasteiger charge is 2.44. The number of ether oxygens (including phenoxy) is 2. The number of allylic oxidation sites excluding steroid dienone is 4. The molecule has 1 aliphatic heterocycles. The number of carbonyl (C=O) groups is 1. The van der Waals surface area contributed by atoms with Crippen LogP contribution in [0.2, 0.25) is 0 Å². The first-order chi connectivity index (χ1) is 34.3. The number of hydrogen-bond acceptors (Lipinski definition) is 8. The highest BCUT2D eigenvalue weighted by molar-refractivity contribution is 5.76.